The zero-order chi connectivity index (χ0) is 9.68. The lowest BCUT2D eigenvalue weighted by atomic mass is 10.3. The Bertz CT molecular complexity index is 410. The van der Waals surface area contributed by atoms with E-state index in [1.807, 2.05) is 0 Å². The Balaban J connectivity index is 2.89. The molecule has 0 spiro atoms. The number of halogens is 2. The molecule has 0 aromatic carbocycles. The predicted octanol–water partition coefficient (Wildman–Crippen LogP) is 1.62. The second-order valence-electron chi connectivity index (χ2n) is 2.13. The lowest BCUT2D eigenvalue weighted by molar-refractivity contribution is 0.479. The molecule has 0 aliphatic rings. The zero-order valence-electron chi connectivity index (χ0n) is 6.51. The van der Waals surface area contributed by atoms with Crippen molar-refractivity contribution in [3.63, 3.8) is 0 Å². The van der Waals surface area contributed by atoms with Crippen LogP contribution in [0.25, 0.3) is 0 Å². The first-order chi connectivity index (χ1) is 6.24. The molecule has 0 bridgehead atoms. The summed E-state index contributed by atoms with van der Waals surface area (Å²) in [6.45, 7) is 0. The number of aromatic nitrogens is 1. The van der Waals surface area contributed by atoms with Gasteiger partial charge in [0.1, 0.15) is 0 Å². The minimum atomic E-state index is -1.15. The van der Waals surface area contributed by atoms with E-state index < -0.39 is 11.8 Å². The van der Waals surface area contributed by atoms with Gasteiger partial charge in [-0.05, 0) is 6.07 Å². The van der Waals surface area contributed by atoms with Crippen LogP contribution in [-0.2, 0) is 0 Å². The molecule has 2 nitrogen and oxygen atoms in total. The van der Waals surface area contributed by atoms with Gasteiger partial charge in [0.15, 0.2) is 5.82 Å². The summed E-state index contributed by atoms with van der Waals surface area (Å²) in [5, 5.41) is 8.14. The van der Waals surface area contributed by atoms with E-state index in [0.717, 1.165) is 12.3 Å². The molecule has 0 atom stereocenters. The highest BCUT2D eigenvalue weighted by molar-refractivity contribution is 5.32. The highest BCUT2D eigenvalue weighted by Gasteiger charge is 2.01. The molecule has 0 N–H and O–H groups in total. The van der Waals surface area contributed by atoms with Crippen LogP contribution in [0.1, 0.15) is 12.0 Å². The third kappa shape index (κ3) is 2.53. The molecule has 0 saturated heterocycles. The maximum absolute atomic E-state index is 12.5. The molecule has 1 aromatic heterocycles. The highest BCUT2D eigenvalue weighted by Crippen LogP contribution is 2.03. The molecular formula is C9H4F2N2. The molecule has 0 unspecified atom stereocenters. The molecule has 0 fully saturated rings. The fourth-order valence-electron chi connectivity index (χ4n) is 0.675. The lowest BCUT2D eigenvalue weighted by Crippen LogP contribution is -1.89. The van der Waals surface area contributed by atoms with Gasteiger partial charge in [0.25, 0.3) is 0 Å². The van der Waals surface area contributed by atoms with Gasteiger partial charge in [-0.25, -0.2) is 9.37 Å². The number of nitrogens with zero attached hydrogens (tertiary/aromatic N) is 2. The Morgan fingerprint density at radius 1 is 1.46 bits per heavy atom. The quantitative estimate of drug-likeness (QED) is 0.447. The van der Waals surface area contributed by atoms with Crippen molar-refractivity contribution >= 4 is 0 Å². The minimum absolute atomic E-state index is 0.0546. The molecule has 0 saturated carbocycles. The number of hydrogen-bond donors (Lipinski definition) is 0. The number of nitriles is 1. The van der Waals surface area contributed by atoms with Crippen molar-refractivity contribution in [2.45, 2.75) is 6.42 Å². The molecule has 0 radical (unpaired) electrons. The van der Waals surface area contributed by atoms with Crippen molar-refractivity contribution in [1.82, 2.24) is 4.98 Å². The largest absolute Gasteiger partial charge is 0.248 e. The van der Waals surface area contributed by atoms with Gasteiger partial charge < -0.3 is 0 Å². The van der Waals surface area contributed by atoms with Gasteiger partial charge in [0.05, 0.1) is 12.5 Å². The zero-order valence-corrected chi connectivity index (χ0v) is 6.51. The summed E-state index contributed by atoms with van der Waals surface area (Å²) in [6.07, 6.45) is 1.17. The van der Waals surface area contributed by atoms with E-state index in [-0.39, 0.29) is 12.0 Å². The maximum Gasteiger partial charge on any atom is 0.248 e. The molecule has 1 rings (SSSR count). The molecule has 0 amide bonds. The lowest BCUT2D eigenvalue weighted by Gasteiger charge is -1.91. The van der Waals surface area contributed by atoms with Crippen LogP contribution in [0.2, 0.25) is 0 Å². The van der Waals surface area contributed by atoms with E-state index in [9.17, 15) is 8.78 Å². The van der Waals surface area contributed by atoms with Crippen LogP contribution in [0.4, 0.5) is 8.78 Å². The fraction of sp³-hybridized carbons (Fsp3) is 0.111. The van der Waals surface area contributed by atoms with E-state index in [1.54, 1.807) is 6.07 Å². The summed E-state index contributed by atoms with van der Waals surface area (Å²) < 4.78 is 24.8. The van der Waals surface area contributed by atoms with Crippen LogP contribution in [0.3, 0.4) is 0 Å². The summed E-state index contributed by atoms with van der Waals surface area (Å²) in [7, 11) is 0. The first kappa shape index (κ1) is 9.15. The van der Waals surface area contributed by atoms with Crippen molar-refractivity contribution < 1.29 is 8.78 Å². The summed E-state index contributed by atoms with van der Waals surface area (Å²) in [5.74, 6) is 2.74. The molecular weight excluding hydrogens is 174 g/mol. The van der Waals surface area contributed by atoms with Gasteiger partial charge in [0, 0.05) is 11.8 Å². The first-order valence-corrected chi connectivity index (χ1v) is 3.41. The third-order valence-electron chi connectivity index (χ3n) is 1.20. The van der Waals surface area contributed by atoms with Crippen LogP contribution in [0.5, 0.6) is 0 Å². The van der Waals surface area contributed by atoms with E-state index >= 15 is 0 Å². The average Bonchev–Trinajstić information content (AvgIpc) is 2.12. The van der Waals surface area contributed by atoms with Crippen LogP contribution in [0, 0.1) is 34.9 Å². The van der Waals surface area contributed by atoms with Crippen LogP contribution in [-0.4, -0.2) is 4.98 Å². The van der Waals surface area contributed by atoms with E-state index in [4.69, 9.17) is 5.26 Å². The predicted molar refractivity (Wildman–Crippen MR) is 41.3 cm³/mol. The van der Waals surface area contributed by atoms with Crippen molar-refractivity contribution in [2.24, 2.45) is 0 Å². The smallest absolute Gasteiger partial charge is 0.224 e. The van der Waals surface area contributed by atoms with E-state index in [2.05, 4.69) is 16.8 Å². The second kappa shape index (κ2) is 4.18. The van der Waals surface area contributed by atoms with Gasteiger partial charge in [0.2, 0.25) is 5.95 Å². The molecule has 4 heteroatoms. The highest BCUT2D eigenvalue weighted by atomic mass is 19.2. The SMILES string of the molecule is N#CCC#Cc1cnc(F)c(F)c1. The number of rotatable bonds is 0. The first-order valence-electron chi connectivity index (χ1n) is 3.41. The molecule has 64 valence electrons. The molecule has 1 aromatic rings. The van der Waals surface area contributed by atoms with Gasteiger partial charge in [-0.15, -0.1) is 0 Å². The molecule has 0 aliphatic carbocycles. The third-order valence-corrected chi connectivity index (χ3v) is 1.20. The van der Waals surface area contributed by atoms with Crippen LogP contribution >= 0.6 is 0 Å². The Morgan fingerprint density at radius 2 is 2.23 bits per heavy atom. The van der Waals surface area contributed by atoms with Crippen molar-refractivity contribution in [3.8, 4) is 17.9 Å². The topological polar surface area (TPSA) is 36.7 Å². The molecule has 1 heterocycles. The Labute approximate surface area is 73.8 Å². The van der Waals surface area contributed by atoms with E-state index in [0.29, 0.717) is 0 Å². The maximum atomic E-state index is 12.5. The molecule has 13 heavy (non-hydrogen) atoms. The van der Waals surface area contributed by atoms with Gasteiger partial charge in [-0.1, -0.05) is 11.8 Å². The van der Waals surface area contributed by atoms with Gasteiger partial charge >= 0.3 is 0 Å². The fourth-order valence-corrected chi connectivity index (χ4v) is 0.675. The van der Waals surface area contributed by atoms with Crippen LogP contribution < -0.4 is 0 Å². The van der Waals surface area contributed by atoms with Gasteiger partial charge in [-0.3, -0.25) is 0 Å². The minimum Gasteiger partial charge on any atom is -0.224 e. The van der Waals surface area contributed by atoms with Crippen molar-refractivity contribution in [2.75, 3.05) is 0 Å². The second-order valence-corrected chi connectivity index (χ2v) is 2.13. The average molecular weight is 178 g/mol. The summed E-state index contributed by atoms with van der Waals surface area (Å²) in [6, 6.07) is 2.74. The summed E-state index contributed by atoms with van der Waals surface area (Å²) in [5.41, 5.74) is 0.258. The van der Waals surface area contributed by atoms with Crippen molar-refractivity contribution in [3.05, 3.63) is 29.6 Å². The van der Waals surface area contributed by atoms with E-state index in [1.165, 1.54) is 0 Å². The molecule has 0 aliphatic heterocycles. The Morgan fingerprint density at radius 3 is 2.85 bits per heavy atom. The summed E-state index contributed by atoms with van der Waals surface area (Å²) in [4.78, 5) is 3.13. The monoisotopic (exact) mass is 178 g/mol. The summed E-state index contributed by atoms with van der Waals surface area (Å²) >= 11 is 0. The van der Waals surface area contributed by atoms with Gasteiger partial charge in [-0.2, -0.15) is 9.65 Å². The standard InChI is InChI=1S/C9H4F2N2/c10-8-5-7(3-1-2-4-12)6-13-9(8)11/h5-6H,2H2. The number of hydrogen-bond acceptors (Lipinski definition) is 2. The van der Waals surface area contributed by atoms with Crippen LogP contribution in [0.15, 0.2) is 12.3 Å². The van der Waals surface area contributed by atoms with Crippen molar-refractivity contribution in [1.29, 1.82) is 5.26 Å². The number of pyridine rings is 1. The Hall–Kier alpha value is -1.94. The Kier molecular flexibility index (Phi) is 2.94. The normalized spacial score (nSPS) is 8.38.